The molecule has 1 aliphatic heterocycles. The first-order valence-electron chi connectivity index (χ1n) is 10.2. The smallest absolute Gasteiger partial charge is 0.127 e. The lowest BCUT2D eigenvalue weighted by atomic mass is 10.1. The number of pyridine rings is 1. The summed E-state index contributed by atoms with van der Waals surface area (Å²) in [6.07, 6.45) is 1.05. The Bertz CT molecular complexity index is 934. The van der Waals surface area contributed by atoms with E-state index >= 15 is 0 Å². The number of aromatic nitrogens is 1. The highest BCUT2D eigenvalue weighted by Gasteiger charge is 2.12. The molecule has 3 aromatic rings. The average Bonchev–Trinajstić information content (AvgIpc) is 3.24. The lowest BCUT2D eigenvalue weighted by Gasteiger charge is -2.26. The standard InChI is InChI=1S/C23H27N3O2S/c1-2-20-7-8-22(29-20)18-15-21(17-3-5-19(27)6-4-17)25-23(16-18)24-9-10-26-11-13-28-14-12-26/h3-8,15-16,27H,2,9-14H2,1H3,(H,24,25). The number of nitrogens with zero attached hydrogens (tertiary/aromatic N) is 2. The maximum Gasteiger partial charge on any atom is 0.127 e. The molecule has 6 heteroatoms. The molecule has 0 radical (unpaired) electrons. The number of nitrogens with one attached hydrogen (secondary N) is 1. The molecular weight excluding hydrogens is 382 g/mol. The third-order valence-corrected chi connectivity index (χ3v) is 6.40. The predicted octanol–water partition coefficient (Wildman–Crippen LogP) is 4.49. The summed E-state index contributed by atoms with van der Waals surface area (Å²) in [5.74, 6) is 1.14. The van der Waals surface area contributed by atoms with Crippen molar-refractivity contribution in [2.24, 2.45) is 0 Å². The Morgan fingerprint density at radius 2 is 1.86 bits per heavy atom. The van der Waals surface area contributed by atoms with Gasteiger partial charge in [-0.1, -0.05) is 6.92 Å². The first-order valence-corrected chi connectivity index (χ1v) is 11.0. The number of benzene rings is 1. The number of anilines is 1. The lowest BCUT2D eigenvalue weighted by molar-refractivity contribution is 0.0398. The molecule has 4 rings (SSSR count). The Morgan fingerprint density at radius 3 is 2.59 bits per heavy atom. The second kappa shape index (κ2) is 9.39. The van der Waals surface area contributed by atoms with E-state index in [0.29, 0.717) is 0 Å². The zero-order valence-electron chi connectivity index (χ0n) is 16.7. The van der Waals surface area contributed by atoms with Gasteiger partial charge in [-0.2, -0.15) is 0 Å². The van der Waals surface area contributed by atoms with Crippen molar-refractivity contribution in [2.75, 3.05) is 44.7 Å². The molecule has 0 amide bonds. The Hall–Kier alpha value is -2.41. The van der Waals surface area contributed by atoms with Gasteiger partial charge in [-0.25, -0.2) is 4.98 Å². The van der Waals surface area contributed by atoms with E-state index in [4.69, 9.17) is 9.72 Å². The van der Waals surface area contributed by atoms with E-state index in [0.717, 1.165) is 62.9 Å². The van der Waals surface area contributed by atoms with Crippen molar-refractivity contribution in [3.63, 3.8) is 0 Å². The van der Waals surface area contributed by atoms with E-state index in [2.05, 4.69) is 41.4 Å². The fourth-order valence-corrected chi connectivity index (χ4v) is 4.37. The Balaban J connectivity index is 1.57. The molecule has 0 saturated carbocycles. The lowest BCUT2D eigenvalue weighted by Crippen LogP contribution is -2.39. The van der Waals surface area contributed by atoms with Crippen molar-refractivity contribution in [3.05, 3.63) is 53.4 Å². The molecule has 2 aromatic heterocycles. The average molecular weight is 410 g/mol. The van der Waals surface area contributed by atoms with Gasteiger partial charge in [0.1, 0.15) is 11.6 Å². The quantitative estimate of drug-likeness (QED) is 0.602. The van der Waals surface area contributed by atoms with Crippen LogP contribution in [0, 0.1) is 0 Å². The number of aromatic hydroxyl groups is 1. The van der Waals surface area contributed by atoms with Crippen LogP contribution in [-0.4, -0.2) is 54.4 Å². The van der Waals surface area contributed by atoms with Crippen LogP contribution < -0.4 is 5.32 Å². The van der Waals surface area contributed by atoms with Gasteiger partial charge in [-0.15, -0.1) is 11.3 Å². The minimum Gasteiger partial charge on any atom is -0.508 e. The largest absolute Gasteiger partial charge is 0.508 e. The molecule has 0 atom stereocenters. The molecule has 0 aliphatic carbocycles. The van der Waals surface area contributed by atoms with Crippen LogP contribution in [-0.2, 0) is 11.2 Å². The maximum atomic E-state index is 9.62. The predicted molar refractivity (Wildman–Crippen MR) is 120 cm³/mol. The van der Waals surface area contributed by atoms with Gasteiger partial charge in [-0.3, -0.25) is 4.90 Å². The number of hydrogen-bond donors (Lipinski definition) is 2. The molecule has 2 N–H and O–H groups in total. The Labute approximate surface area is 176 Å². The summed E-state index contributed by atoms with van der Waals surface area (Å²) in [7, 11) is 0. The van der Waals surface area contributed by atoms with Crippen molar-refractivity contribution < 1.29 is 9.84 Å². The van der Waals surface area contributed by atoms with Crippen LogP contribution in [0.15, 0.2) is 48.5 Å². The minimum atomic E-state index is 0.264. The summed E-state index contributed by atoms with van der Waals surface area (Å²) in [5, 5.41) is 13.1. The summed E-state index contributed by atoms with van der Waals surface area (Å²) in [5.41, 5.74) is 3.07. The number of phenolic OH excluding ortho intramolecular Hbond substituents is 1. The van der Waals surface area contributed by atoms with Gasteiger partial charge in [0.15, 0.2) is 0 Å². The van der Waals surface area contributed by atoms with Gasteiger partial charge < -0.3 is 15.2 Å². The van der Waals surface area contributed by atoms with Gasteiger partial charge in [0, 0.05) is 41.5 Å². The van der Waals surface area contributed by atoms with Crippen LogP contribution in [0.1, 0.15) is 11.8 Å². The molecule has 3 heterocycles. The molecule has 1 saturated heterocycles. The number of rotatable bonds is 7. The van der Waals surface area contributed by atoms with Crippen molar-refractivity contribution in [2.45, 2.75) is 13.3 Å². The number of ether oxygens (including phenoxy) is 1. The van der Waals surface area contributed by atoms with Crippen LogP contribution in [0.2, 0.25) is 0 Å². The molecular formula is C23H27N3O2S. The van der Waals surface area contributed by atoms with E-state index in [1.54, 1.807) is 12.1 Å². The SMILES string of the molecule is CCc1ccc(-c2cc(NCCN3CCOCC3)nc(-c3ccc(O)cc3)c2)s1. The molecule has 0 bridgehead atoms. The summed E-state index contributed by atoms with van der Waals surface area (Å²) in [4.78, 5) is 9.88. The van der Waals surface area contributed by atoms with E-state index in [9.17, 15) is 5.11 Å². The zero-order valence-corrected chi connectivity index (χ0v) is 17.5. The van der Waals surface area contributed by atoms with E-state index < -0.39 is 0 Å². The first kappa shape index (κ1) is 19.9. The third kappa shape index (κ3) is 5.15. The van der Waals surface area contributed by atoms with E-state index in [1.807, 2.05) is 23.5 Å². The van der Waals surface area contributed by atoms with Crippen molar-refractivity contribution in [1.29, 1.82) is 0 Å². The van der Waals surface area contributed by atoms with E-state index in [1.165, 1.54) is 15.3 Å². The molecule has 1 fully saturated rings. The highest BCUT2D eigenvalue weighted by Crippen LogP contribution is 2.33. The number of phenols is 1. The highest BCUT2D eigenvalue weighted by molar-refractivity contribution is 7.15. The Morgan fingerprint density at radius 1 is 1.07 bits per heavy atom. The Kier molecular flexibility index (Phi) is 6.44. The van der Waals surface area contributed by atoms with Crippen molar-refractivity contribution in [3.8, 4) is 27.4 Å². The molecule has 1 aliphatic rings. The number of morpholine rings is 1. The monoisotopic (exact) mass is 409 g/mol. The summed E-state index contributed by atoms with van der Waals surface area (Å²) >= 11 is 1.83. The second-order valence-corrected chi connectivity index (χ2v) is 8.34. The first-order chi connectivity index (χ1) is 14.2. The second-order valence-electron chi connectivity index (χ2n) is 7.17. The normalized spacial score (nSPS) is 14.8. The van der Waals surface area contributed by atoms with Gasteiger partial charge in [0.2, 0.25) is 0 Å². The summed E-state index contributed by atoms with van der Waals surface area (Å²) in [6.45, 7) is 7.61. The molecule has 1 aromatic carbocycles. The number of hydrogen-bond acceptors (Lipinski definition) is 6. The van der Waals surface area contributed by atoms with Gasteiger partial charge in [0.05, 0.1) is 18.9 Å². The van der Waals surface area contributed by atoms with Crippen molar-refractivity contribution in [1.82, 2.24) is 9.88 Å². The van der Waals surface area contributed by atoms with Crippen LogP contribution in [0.25, 0.3) is 21.7 Å². The van der Waals surface area contributed by atoms with Crippen LogP contribution in [0.4, 0.5) is 5.82 Å². The summed E-state index contributed by atoms with van der Waals surface area (Å²) in [6, 6.07) is 15.9. The van der Waals surface area contributed by atoms with Gasteiger partial charge in [0.25, 0.3) is 0 Å². The van der Waals surface area contributed by atoms with Crippen LogP contribution in [0.5, 0.6) is 5.75 Å². The topological polar surface area (TPSA) is 57.6 Å². The van der Waals surface area contributed by atoms with Crippen molar-refractivity contribution >= 4 is 17.2 Å². The molecule has 29 heavy (non-hydrogen) atoms. The van der Waals surface area contributed by atoms with Gasteiger partial charge >= 0.3 is 0 Å². The molecule has 0 spiro atoms. The van der Waals surface area contributed by atoms with Crippen LogP contribution in [0.3, 0.4) is 0 Å². The highest BCUT2D eigenvalue weighted by atomic mass is 32.1. The molecule has 0 unspecified atom stereocenters. The zero-order chi connectivity index (χ0) is 20.1. The van der Waals surface area contributed by atoms with Gasteiger partial charge in [-0.05, 0) is 60.5 Å². The van der Waals surface area contributed by atoms with Crippen LogP contribution >= 0.6 is 11.3 Å². The fourth-order valence-electron chi connectivity index (χ4n) is 3.43. The number of aryl methyl sites for hydroxylation is 1. The fraction of sp³-hybridized carbons (Fsp3) is 0.348. The maximum absolute atomic E-state index is 9.62. The molecule has 5 nitrogen and oxygen atoms in total. The third-order valence-electron chi connectivity index (χ3n) is 5.12. The van der Waals surface area contributed by atoms with E-state index in [-0.39, 0.29) is 5.75 Å². The number of thiophene rings is 1. The molecule has 152 valence electrons. The summed E-state index contributed by atoms with van der Waals surface area (Å²) < 4.78 is 5.42. The minimum absolute atomic E-state index is 0.264.